The highest BCUT2D eigenvalue weighted by atomic mass is 79.9. The molecule has 2 aliphatic rings. The Morgan fingerprint density at radius 1 is 1.12 bits per heavy atom. The lowest BCUT2D eigenvalue weighted by molar-refractivity contribution is -0.0780. The van der Waals surface area contributed by atoms with Gasteiger partial charge in [0.25, 0.3) is 5.88 Å². The molecule has 11 heteroatoms. The second-order valence-electron chi connectivity index (χ2n) is 8.38. The average Bonchev–Trinajstić information content (AvgIpc) is 2.83. The van der Waals surface area contributed by atoms with Crippen molar-refractivity contribution in [2.75, 3.05) is 36.5 Å². The summed E-state index contributed by atoms with van der Waals surface area (Å²) in [5, 5.41) is 2.72. The van der Waals surface area contributed by atoms with Gasteiger partial charge in [0.2, 0.25) is 11.8 Å². The number of aryl methyl sites for hydroxylation is 1. The summed E-state index contributed by atoms with van der Waals surface area (Å²) in [5.74, 6) is -0.967. The lowest BCUT2D eigenvalue weighted by Crippen LogP contribution is -2.58. The second-order valence-corrected chi connectivity index (χ2v) is 9.30. The summed E-state index contributed by atoms with van der Waals surface area (Å²) in [7, 11) is 0. The van der Waals surface area contributed by atoms with E-state index in [0.29, 0.717) is 38.7 Å². The Kier molecular flexibility index (Phi) is 6.55. The van der Waals surface area contributed by atoms with Crippen LogP contribution in [0.4, 0.5) is 26.2 Å². The Balaban J connectivity index is 1.33. The number of halogens is 3. The van der Waals surface area contributed by atoms with Gasteiger partial charge in [-0.15, -0.1) is 0 Å². The summed E-state index contributed by atoms with van der Waals surface area (Å²) in [6.45, 7) is 4.10. The van der Waals surface area contributed by atoms with E-state index in [1.54, 1.807) is 24.5 Å². The highest BCUT2D eigenvalue weighted by Gasteiger charge is 2.43. The topological polar surface area (TPSA) is 85.3 Å². The zero-order valence-electron chi connectivity index (χ0n) is 18.4. The molecule has 3 aromatic rings. The first kappa shape index (κ1) is 22.9. The molecule has 34 heavy (non-hydrogen) atoms. The molecule has 2 bridgehead atoms. The molecule has 2 aliphatic heterocycles. The van der Waals surface area contributed by atoms with Gasteiger partial charge in [-0.25, -0.2) is 19.3 Å². The Bertz CT molecular complexity index is 1150. The minimum atomic E-state index is -0.765. The average molecular weight is 533 g/mol. The smallest absolute Gasteiger partial charge is 0.256 e. The molecule has 2 atom stereocenters. The SMILES string of the molecule is CCc1ccc(Nc2ncnc(OC3C4COCC3CN(c3ncc(Br)cn3)C4)c2F)c(F)c1. The van der Waals surface area contributed by atoms with E-state index in [0.717, 1.165) is 10.0 Å². The van der Waals surface area contributed by atoms with Crippen molar-refractivity contribution in [1.82, 2.24) is 19.9 Å². The van der Waals surface area contributed by atoms with Crippen LogP contribution >= 0.6 is 15.9 Å². The van der Waals surface area contributed by atoms with Crippen LogP contribution in [0.5, 0.6) is 5.88 Å². The van der Waals surface area contributed by atoms with Gasteiger partial charge in [-0.3, -0.25) is 0 Å². The van der Waals surface area contributed by atoms with Crippen LogP contribution in [0.15, 0.2) is 41.4 Å². The molecule has 178 valence electrons. The third-order valence-corrected chi connectivity index (χ3v) is 6.50. The maximum atomic E-state index is 15.2. The number of piperidine rings is 1. The highest BCUT2D eigenvalue weighted by molar-refractivity contribution is 9.10. The summed E-state index contributed by atoms with van der Waals surface area (Å²) in [5.41, 5.74) is 0.984. The molecule has 5 rings (SSSR count). The van der Waals surface area contributed by atoms with Crippen LogP contribution in [0.3, 0.4) is 0 Å². The van der Waals surface area contributed by atoms with Crippen LogP contribution in [-0.2, 0) is 11.2 Å². The molecule has 2 saturated heterocycles. The molecule has 1 N–H and O–H groups in total. The third-order valence-electron chi connectivity index (χ3n) is 6.09. The van der Waals surface area contributed by atoms with E-state index in [1.165, 1.54) is 12.4 Å². The predicted octanol–water partition coefficient (Wildman–Crippen LogP) is 4.14. The van der Waals surface area contributed by atoms with E-state index in [9.17, 15) is 4.39 Å². The Morgan fingerprint density at radius 2 is 1.85 bits per heavy atom. The quantitative estimate of drug-likeness (QED) is 0.506. The Hall–Kier alpha value is -2.92. The van der Waals surface area contributed by atoms with Crippen LogP contribution in [0.2, 0.25) is 0 Å². The first-order valence-electron chi connectivity index (χ1n) is 11.0. The predicted molar refractivity (Wildman–Crippen MR) is 125 cm³/mol. The van der Waals surface area contributed by atoms with E-state index in [4.69, 9.17) is 9.47 Å². The zero-order chi connectivity index (χ0) is 23.7. The second kappa shape index (κ2) is 9.75. The molecular formula is C23H23BrF2N6O2. The van der Waals surface area contributed by atoms with Gasteiger partial charge in [-0.05, 0) is 40.0 Å². The number of hydrogen-bond acceptors (Lipinski definition) is 8. The van der Waals surface area contributed by atoms with Gasteiger partial charge in [-0.2, -0.15) is 9.37 Å². The van der Waals surface area contributed by atoms with Crippen LogP contribution in [0.1, 0.15) is 12.5 Å². The van der Waals surface area contributed by atoms with Crippen LogP contribution in [-0.4, -0.2) is 52.3 Å². The van der Waals surface area contributed by atoms with Gasteiger partial charge in [0.15, 0.2) is 5.82 Å². The van der Waals surface area contributed by atoms with E-state index in [-0.39, 0.29) is 35.3 Å². The van der Waals surface area contributed by atoms with Gasteiger partial charge < -0.3 is 19.7 Å². The van der Waals surface area contributed by atoms with Crippen LogP contribution < -0.4 is 15.0 Å². The molecule has 4 heterocycles. The minimum absolute atomic E-state index is 0.0236. The van der Waals surface area contributed by atoms with Crippen molar-refractivity contribution >= 4 is 33.4 Å². The van der Waals surface area contributed by atoms with Crippen molar-refractivity contribution in [2.45, 2.75) is 19.4 Å². The van der Waals surface area contributed by atoms with Crippen molar-refractivity contribution in [3.63, 3.8) is 0 Å². The van der Waals surface area contributed by atoms with Gasteiger partial charge in [0.1, 0.15) is 18.2 Å². The van der Waals surface area contributed by atoms with Crippen molar-refractivity contribution in [1.29, 1.82) is 0 Å². The third kappa shape index (κ3) is 4.67. The number of nitrogens with zero attached hydrogens (tertiary/aromatic N) is 5. The van der Waals surface area contributed by atoms with Crippen molar-refractivity contribution < 1.29 is 18.3 Å². The number of hydrogen-bond donors (Lipinski definition) is 1. The van der Waals surface area contributed by atoms with Gasteiger partial charge in [-0.1, -0.05) is 13.0 Å². The summed E-state index contributed by atoms with van der Waals surface area (Å²) in [6.07, 6.45) is 5.03. The van der Waals surface area contributed by atoms with Gasteiger partial charge >= 0.3 is 0 Å². The fourth-order valence-electron chi connectivity index (χ4n) is 4.38. The number of benzene rings is 1. The minimum Gasteiger partial charge on any atom is -0.471 e. The van der Waals surface area contributed by atoms with E-state index < -0.39 is 11.6 Å². The fraction of sp³-hybridized carbons (Fsp3) is 0.391. The number of rotatable bonds is 6. The standard InChI is InChI=1S/C23H23BrF2N6O2/c1-2-13-3-4-18(17(25)5-13)31-21-19(26)22(30-12-29-21)34-20-14-8-32(9-15(20)11-33-10-14)23-27-6-16(24)7-28-23/h3-7,12,14-15,20H,2,8-11H2,1H3,(H,29,30,31). The van der Waals surface area contributed by atoms with E-state index >= 15 is 4.39 Å². The Labute approximate surface area is 203 Å². The number of nitrogens with one attached hydrogen (secondary N) is 1. The van der Waals surface area contributed by atoms with Crippen LogP contribution in [0.25, 0.3) is 0 Å². The number of anilines is 3. The fourth-order valence-corrected chi connectivity index (χ4v) is 4.59. The first-order valence-corrected chi connectivity index (χ1v) is 11.8. The summed E-state index contributed by atoms with van der Waals surface area (Å²) in [6, 6.07) is 4.77. The largest absolute Gasteiger partial charge is 0.471 e. The lowest BCUT2D eigenvalue weighted by atomic mass is 9.84. The normalized spacial score (nSPS) is 21.9. The molecule has 2 unspecified atom stereocenters. The molecule has 2 fully saturated rings. The van der Waals surface area contributed by atoms with E-state index in [2.05, 4.69) is 46.1 Å². The Morgan fingerprint density at radius 3 is 2.53 bits per heavy atom. The molecular weight excluding hydrogens is 510 g/mol. The van der Waals surface area contributed by atoms with Crippen molar-refractivity contribution in [3.8, 4) is 5.88 Å². The number of ether oxygens (including phenoxy) is 2. The number of fused-ring (bicyclic) bond motifs is 2. The summed E-state index contributed by atoms with van der Waals surface area (Å²) < 4.78 is 42.3. The summed E-state index contributed by atoms with van der Waals surface area (Å²) >= 11 is 3.35. The molecule has 0 radical (unpaired) electrons. The van der Waals surface area contributed by atoms with Crippen LogP contribution in [0, 0.1) is 23.5 Å². The zero-order valence-corrected chi connectivity index (χ0v) is 20.0. The molecule has 1 aromatic carbocycles. The van der Waals surface area contributed by atoms with E-state index in [1.807, 2.05) is 6.92 Å². The van der Waals surface area contributed by atoms with Gasteiger partial charge in [0, 0.05) is 37.3 Å². The first-order chi connectivity index (χ1) is 16.5. The van der Waals surface area contributed by atoms with Crippen molar-refractivity contribution in [3.05, 3.63) is 58.6 Å². The molecule has 8 nitrogen and oxygen atoms in total. The monoisotopic (exact) mass is 532 g/mol. The van der Waals surface area contributed by atoms with Crippen molar-refractivity contribution in [2.24, 2.45) is 11.8 Å². The maximum absolute atomic E-state index is 15.2. The molecule has 0 aliphatic carbocycles. The highest BCUT2D eigenvalue weighted by Crippen LogP contribution is 2.34. The summed E-state index contributed by atoms with van der Waals surface area (Å²) in [4.78, 5) is 18.8. The number of aromatic nitrogens is 4. The lowest BCUT2D eigenvalue weighted by Gasteiger charge is -2.46. The molecule has 0 spiro atoms. The molecule has 0 saturated carbocycles. The maximum Gasteiger partial charge on any atom is 0.256 e. The van der Waals surface area contributed by atoms with Gasteiger partial charge in [0.05, 0.1) is 23.4 Å². The molecule has 2 aromatic heterocycles. The molecule has 0 amide bonds.